The van der Waals surface area contributed by atoms with E-state index in [0.717, 1.165) is 12.8 Å². The maximum absolute atomic E-state index is 10.3. The van der Waals surface area contributed by atoms with Crippen LogP contribution < -0.4 is 0 Å². The summed E-state index contributed by atoms with van der Waals surface area (Å²) in [5.41, 5.74) is 0.699. The van der Waals surface area contributed by atoms with Gasteiger partial charge in [0.15, 0.2) is 5.89 Å². The van der Waals surface area contributed by atoms with E-state index in [2.05, 4.69) is 4.98 Å². The second kappa shape index (κ2) is 6.19. The molecule has 1 N–H and O–H groups in total. The summed E-state index contributed by atoms with van der Waals surface area (Å²) in [5.74, 6) is -0.175. The molecule has 0 aliphatic carbocycles. The van der Waals surface area contributed by atoms with E-state index in [-0.39, 0.29) is 6.42 Å². The van der Waals surface area contributed by atoms with Gasteiger partial charge in [0.05, 0.1) is 12.1 Å². The zero-order valence-electron chi connectivity index (χ0n) is 8.73. The summed E-state index contributed by atoms with van der Waals surface area (Å²) in [6, 6.07) is 0. The van der Waals surface area contributed by atoms with Crippen LogP contribution in [-0.2, 0) is 22.4 Å². The molecule has 0 atom stereocenters. The van der Waals surface area contributed by atoms with Crippen molar-refractivity contribution in [1.29, 1.82) is 0 Å². The van der Waals surface area contributed by atoms with E-state index in [4.69, 9.17) is 14.3 Å². The SMILES string of the molecule is COCCCc1nc(CCC(=O)O)co1. The van der Waals surface area contributed by atoms with Gasteiger partial charge in [-0.25, -0.2) is 4.98 Å². The Labute approximate surface area is 88.1 Å². The van der Waals surface area contributed by atoms with Gasteiger partial charge < -0.3 is 14.3 Å². The first-order valence-corrected chi connectivity index (χ1v) is 4.86. The van der Waals surface area contributed by atoms with Gasteiger partial charge in [-0.15, -0.1) is 0 Å². The molecule has 1 rings (SSSR count). The molecule has 84 valence electrons. The Morgan fingerprint density at radius 2 is 2.40 bits per heavy atom. The minimum Gasteiger partial charge on any atom is -0.481 e. The molecule has 0 saturated heterocycles. The normalized spacial score (nSPS) is 10.5. The van der Waals surface area contributed by atoms with E-state index in [9.17, 15) is 4.79 Å². The summed E-state index contributed by atoms with van der Waals surface area (Å²) >= 11 is 0. The number of carboxylic acid groups (broad SMARTS) is 1. The third-order valence-electron chi connectivity index (χ3n) is 1.93. The summed E-state index contributed by atoms with van der Waals surface area (Å²) in [6.07, 6.45) is 3.61. The number of rotatable bonds is 7. The zero-order chi connectivity index (χ0) is 11.1. The first-order chi connectivity index (χ1) is 7.22. The van der Waals surface area contributed by atoms with Gasteiger partial charge in [0.2, 0.25) is 0 Å². The Hall–Kier alpha value is -1.36. The van der Waals surface area contributed by atoms with Crippen LogP contribution in [0.5, 0.6) is 0 Å². The van der Waals surface area contributed by atoms with Gasteiger partial charge in [0.25, 0.3) is 0 Å². The van der Waals surface area contributed by atoms with E-state index in [1.807, 2.05) is 0 Å². The van der Waals surface area contributed by atoms with Crippen LogP contribution >= 0.6 is 0 Å². The first kappa shape index (κ1) is 11.7. The van der Waals surface area contributed by atoms with E-state index >= 15 is 0 Å². The van der Waals surface area contributed by atoms with E-state index in [0.29, 0.717) is 24.6 Å². The predicted molar refractivity (Wildman–Crippen MR) is 52.7 cm³/mol. The highest BCUT2D eigenvalue weighted by Gasteiger charge is 2.05. The Morgan fingerprint density at radius 3 is 3.07 bits per heavy atom. The summed E-state index contributed by atoms with van der Waals surface area (Å²) < 4.78 is 10.1. The highest BCUT2D eigenvalue weighted by molar-refractivity contribution is 5.66. The molecule has 5 nitrogen and oxygen atoms in total. The Morgan fingerprint density at radius 1 is 1.60 bits per heavy atom. The maximum atomic E-state index is 10.3. The van der Waals surface area contributed by atoms with Crippen molar-refractivity contribution >= 4 is 5.97 Å². The van der Waals surface area contributed by atoms with Gasteiger partial charge in [0.1, 0.15) is 6.26 Å². The lowest BCUT2D eigenvalue weighted by Gasteiger charge is -1.94. The number of methoxy groups -OCH3 is 1. The van der Waals surface area contributed by atoms with Crippen molar-refractivity contribution in [2.75, 3.05) is 13.7 Å². The van der Waals surface area contributed by atoms with E-state index < -0.39 is 5.97 Å². The number of oxazole rings is 1. The number of aromatic nitrogens is 1. The molecule has 1 aromatic rings. The van der Waals surface area contributed by atoms with Gasteiger partial charge in [-0.05, 0) is 6.42 Å². The average Bonchev–Trinajstić information content (AvgIpc) is 2.63. The molecule has 0 radical (unpaired) electrons. The second-order valence-corrected chi connectivity index (χ2v) is 3.22. The van der Waals surface area contributed by atoms with Crippen LogP contribution in [0.3, 0.4) is 0 Å². The van der Waals surface area contributed by atoms with Gasteiger partial charge in [-0.1, -0.05) is 0 Å². The van der Waals surface area contributed by atoms with E-state index in [1.165, 1.54) is 6.26 Å². The Bertz CT molecular complexity index is 308. The van der Waals surface area contributed by atoms with Crippen LogP contribution in [0.4, 0.5) is 0 Å². The molecule has 0 spiro atoms. The summed E-state index contributed by atoms with van der Waals surface area (Å²) in [7, 11) is 1.65. The van der Waals surface area contributed by atoms with Crippen molar-refractivity contribution < 1.29 is 19.1 Å². The topological polar surface area (TPSA) is 72.6 Å². The monoisotopic (exact) mass is 213 g/mol. The number of aryl methyl sites for hydroxylation is 2. The Kier molecular flexibility index (Phi) is 4.83. The van der Waals surface area contributed by atoms with Gasteiger partial charge >= 0.3 is 5.97 Å². The summed E-state index contributed by atoms with van der Waals surface area (Å²) in [4.78, 5) is 14.5. The van der Waals surface area contributed by atoms with Crippen molar-refractivity contribution in [3.05, 3.63) is 17.8 Å². The summed E-state index contributed by atoms with van der Waals surface area (Å²) in [6.45, 7) is 0.673. The van der Waals surface area contributed by atoms with Gasteiger partial charge in [-0.3, -0.25) is 4.79 Å². The second-order valence-electron chi connectivity index (χ2n) is 3.22. The Balaban J connectivity index is 2.32. The lowest BCUT2D eigenvalue weighted by molar-refractivity contribution is -0.136. The van der Waals surface area contributed by atoms with Crippen molar-refractivity contribution in [3.8, 4) is 0 Å². The molecule has 0 aliphatic heterocycles. The van der Waals surface area contributed by atoms with Crippen molar-refractivity contribution in [2.45, 2.75) is 25.7 Å². The number of carbonyl (C=O) groups is 1. The third kappa shape index (κ3) is 4.60. The number of hydrogen-bond donors (Lipinski definition) is 1. The molecule has 0 fully saturated rings. The van der Waals surface area contributed by atoms with Crippen LogP contribution in [0.15, 0.2) is 10.7 Å². The number of aliphatic carboxylic acids is 1. The third-order valence-corrected chi connectivity index (χ3v) is 1.93. The number of ether oxygens (including phenoxy) is 1. The van der Waals surface area contributed by atoms with Gasteiger partial charge in [-0.2, -0.15) is 0 Å². The first-order valence-electron chi connectivity index (χ1n) is 4.86. The molecular formula is C10H15NO4. The minimum absolute atomic E-state index is 0.0873. The highest BCUT2D eigenvalue weighted by Crippen LogP contribution is 2.06. The molecule has 0 aromatic carbocycles. The standard InChI is InChI=1S/C10H15NO4/c1-14-6-2-3-9-11-8(7-15-9)4-5-10(12)13/h7H,2-6H2,1H3,(H,12,13). The van der Waals surface area contributed by atoms with Crippen LogP contribution in [0.1, 0.15) is 24.4 Å². The minimum atomic E-state index is -0.820. The maximum Gasteiger partial charge on any atom is 0.303 e. The molecule has 15 heavy (non-hydrogen) atoms. The smallest absolute Gasteiger partial charge is 0.303 e. The van der Waals surface area contributed by atoms with Crippen LogP contribution in [-0.4, -0.2) is 29.8 Å². The molecule has 1 heterocycles. The lowest BCUT2D eigenvalue weighted by Crippen LogP contribution is -1.98. The van der Waals surface area contributed by atoms with Crippen molar-refractivity contribution in [1.82, 2.24) is 4.98 Å². The van der Waals surface area contributed by atoms with Crippen LogP contribution in [0.2, 0.25) is 0 Å². The largest absolute Gasteiger partial charge is 0.481 e. The fraction of sp³-hybridized carbons (Fsp3) is 0.600. The molecule has 0 aliphatic rings. The molecule has 0 unspecified atom stereocenters. The number of nitrogens with zero attached hydrogens (tertiary/aromatic N) is 1. The van der Waals surface area contributed by atoms with Crippen molar-refractivity contribution in [3.63, 3.8) is 0 Å². The van der Waals surface area contributed by atoms with E-state index in [1.54, 1.807) is 7.11 Å². The number of carboxylic acids is 1. The highest BCUT2D eigenvalue weighted by atomic mass is 16.5. The molecule has 0 amide bonds. The molecular weight excluding hydrogens is 198 g/mol. The quantitative estimate of drug-likeness (QED) is 0.690. The molecule has 0 saturated carbocycles. The molecule has 5 heteroatoms. The van der Waals surface area contributed by atoms with Crippen LogP contribution in [0, 0.1) is 0 Å². The lowest BCUT2D eigenvalue weighted by atomic mass is 10.2. The summed E-state index contributed by atoms with van der Waals surface area (Å²) in [5, 5.41) is 8.48. The molecule has 1 aromatic heterocycles. The zero-order valence-corrected chi connectivity index (χ0v) is 8.73. The van der Waals surface area contributed by atoms with Gasteiger partial charge in [0, 0.05) is 26.6 Å². The number of hydrogen-bond acceptors (Lipinski definition) is 4. The molecule has 0 bridgehead atoms. The predicted octanol–water partition coefficient (Wildman–Crippen LogP) is 1.27. The van der Waals surface area contributed by atoms with Crippen molar-refractivity contribution in [2.24, 2.45) is 0 Å². The van der Waals surface area contributed by atoms with Crippen LogP contribution in [0.25, 0.3) is 0 Å². The fourth-order valence-electron chi connectivity index (χ4n) is 1.18. The fourth-order valence-corrected chi connectivity index (χ4v) is 1.18. The average molecular weight is 213 g/mol.